The summed E-state index contributed by atoms with van der Waals surface area (Å²) in [6.07, 6.45) is 2.57. The first kappa shape index (κ1) is 16.4. The Balaban J connectivity index is 1.82. The Morgan fingerprint density at radius 2 is 2.12 bits per heavy atom. The lowest BCUT2D eigenvalue weighted by Gasteiger charge is -2.07. The lowest BCUT2D eigenvalue weighted by Crippen LogP contribution is -2.24. The second-order valence-electron chi connectivity index (χ2n) is 5.29. The van der Waals surface area contributed by atoms with Gasteiger partial charge in [0.25, 0.3) is 5.91 Å². The summed E-state index contributed by atoms with van der Waals surface area (Å²) in [7, 11) is 0. The summed E-state index contributed by atoms with van der Waals surface area (Å²) in [5.74, 6) is -0.292. The second-order valence-corrected chi connectivity index (χ2v) is 5.29. The van der Waals surface area contributed by atoms with Gasteiger partial charge in [-0.15, -0.1) is 0 Å². The van der Waals surface area contributed by atoms with Crippen LogP contribution in [0.4, 0.5) is 10.5 Å². The molecule has 0 aliphatic rings. The lowest BCUT2D eigenvalue weighted by molar-refractivity contribution is 0.0950. The molecule has 0 atom stereocenters. The number of nitrogens with zero attached hydrogens (tertiary/aromatic N) is 3. The molecule has 128 valence electrons. The van der Waals surface area contributed by atoms with E-state index >= 15 is 0 Å². The smallest absolute Gasteiger partial charge is 0.407 e. The molecule has 2 heterocycles. The third-order valence-corrected chi connectivity index (χ3v) is 3.54. The number of rotatable bonds is 4. The van der Waals surface area contributed by atoms with E-state index in [0.717, 1.165) is 5.39 Å². The molecule has 2 aromatic heterocycles. The van der Waals surface area contributed by atoms with Crippen molar-refractivity contribution in [3.8, 4) is 0 Å². The molecule has 0 fully saturated rings. The van der Waals surface area contributed by atoms with Gasteiger partial charge in [-0.2, -0.15) is 9.78 Å². The molecular formula is C17H17N5O3. The van der Waals surface area contributed by atoms with Gasteiger partial charge in [-0.1, -0.05) is 0 Å². The van der Waals surface area contributed by atoms with Gasteiger partial charge in [0, 0.05) is 22.8 Å². The standard InChI is InChI=1S/C17H17N5O3/c1-2-25-17(24)20-10-14-8-11(5-6-19-14)16(23)22-15-4-3-13(18)7-12(15)9-21-22/h3-9H,2,10,18H2,1H3,(H,20,24). The molecule has 3 N–H and O–H groups in total. The quantitative estimate of drug-likeness (QED) is 0.703. The van der Waals surface area contributed by atoms with E-state index in [-0.39, 0.29) is 19.1 Å². The van der Waals surface area contributed by atoms with Crippen LogP contribution < -0.4 is 11.1 Å². The zero-order chi connectivity index (χ0) is 17.8. The van der Waals surface area contributed by atoms with Crippen LogP contribution in [0.2, 0.25) is 0 Å². The highest BCUT2D eigenvalue weighted by Crippen LogP contribution is 2.18. The van der Waals surface area contributed by atoms with E-state index in [0.29, 0.717) is 22.5 Å². The van der Waals surface area contributed by atoms with Crippen LogP contribution in [0.15, 0.2) is 42.7 Å². The summed E-state index contributed by atoms with van der Waals surface area (Å²) in [6.45, 7) is 2.17. The van der Waals surface area contributed by atoms with Crippen molar-refractivity contribution in [2.24, 2.45) is 0 Å². The summed E-state index contributed by atoms with van der Waals surface area (Å²) >= 11 is 0. The first-order valence-corrected chi connectivity index (χ1v) is 7.72. The first-order valence-electron chi connectivity index (χ1n) is 7.72. The van der Waals surface area contributed by atoms with Crippen molar-refractivity contribution in [3.05, 3.63) is 54.0 Å². The number of pyridine rings is 1. The number of benzene rings is 1. The number of nitrogens with one attached hydrogen (secondary N) is 1. The van der Waals surface area contributed by atoms with Gasteiger partial charge in [0.2, 0.25) is 0 Å². The fraction of sp³-hybridized carbons (Fsp3) is 0.176. The molecular weight excluding hydrogens is 322 g/mol. The monoisotopic (exact) mass is 339 g/mol. The Morgan fingerprint density at radius 1 is 1.28 bits per heavy atom. The molecule has 3 rings (SSSR count). The molecule has 0 aliphatic carbocycles. The zero-order valence-electron chi connectivity index (χ0n) is 13.6. The molecule has 25 heavy (non-hydrogen) atoms. The van der Waals surface area contributed by atoms with E-state index in [4.69, 9.17) is 10.5 Å². The highest BCUT2D eigenvalue weighted by molar-refractivity contribution is 6.01. The number of nitrogen functional groups attached to an aromatic ring is 1. The molecule has 1 amide bonds. The van der Waals surface area contributed by atoms with Crippen molar-refractivity contribution in [2.45, 2.75) is 13.5 Å². The van der Waals surface area contributed by atoms with E-state index in [1.165, 1.54) is 10.9 Å². The molecule has 0 unspecified atom stereocenters. The number of ether oxygens (including phenoxy) is 1. The summed E-state index contributed by atoms with van der Waals surface area (Å²) in [5.41, 5.74) is 7.98. The fourth-order valence-corrected chi connectivity index (χ4v) is 2.39. The van der Waals surface area contributed by atoms with E-state index in [2.05, 4.69) is 15.4 Å². The minimum atomic E-state index is -0.531. The lowest BCUT2D eigenvalue weighted by atomic mass is 10.2. The number of carbonyl (C=O) groups excluding carboxylic acids is 2. The maximum atomic E-state index is 12.7. The van der Waals surface area contributed by atoms with Crippen LogP contribution in [-0.4, -0.2) is 33.4 Å². The third-order valence-electron chi connectivity index (χ3n) is 3.54. The molecule has 0 spiro atoms. The van der Waals surface area contributed by atoms with Crippen molar-refractivity contribution in [3.63, 3.8) is 0 Å². The number of fused-ring (bicyclic) bond motifs is 1. The Labute approximate surface area is 143 Å². The third kappa shape index (κ3) is 3.57. The predicted molar refractivity (Wildman–Crippen MR) is 92.0 cm³/mol. The minimum absolute atomic E-state index is 0.163. The highest BCUT2D eigenvalue weighted by atomic mass is 16.5. The van der Waals surface area contributed by atoms with Gasteiger partial charge >= 0.3 is 6.09 Å². The van der Waals surface area contributed by atoms with Crippen LogP contribution >= 0.6 is 0 Å². The summed E-state index contributed by atoms with van der Waals surface area (Å²) in [6, 6.07) is 8.43. The second kappa shape index (κ2) is 7.00. The van der Waals surface area contributed by atoms with E-state index < -0.39 is 6.09 Å². The van der Waals surface area contributed by atoms with Crippen LogP contribution in [0.3, 0.4) is 0 Å². The van der Waals surface area contributed by atoms with Gasteiger partial charge < -0.3 is 15.8 Å². The number of anilines is 1. The Kier molecular flexibility index (Phi) is 4.60. The van der Waals surface area contributed by atoms with Crippen LogP contribution in [0.1, 0.15) is 23.0 Å². The molecule has 0 radical (unpaired) electrons. The first-order chi connectivity index (χ1) is 12.1. The van der Waals surface area contributed by atoms with Gasteiger partial charge in [-0.05, 0) is 37.3 Å². The van der Waals surface area contributed by atoms with Gasteiger partial charge in [0.15, 0.2) is 0 Å². The van der Waals surface area contributed by atoms with Crippen molar-refractivity contribution in [2.75, 3.05) is 12.3 Å². The number of hydrogen-bond donors (Lipinski definition) is 2. The van der Waals surface area contributed by atoms with Crippen molar-refractivity contribution in [1.29, 1.82) is 0 Å². The highest BCUT2D eigenvalue weighted by Gasteiger charge is 2.14. The molecule has 0 aliphatic heterocycles. The van der Waals surface area contributed by atoms with Crippen LogP contribution in [0.25, 0.3) is 10.9 Å². The average Bonchev–Trinajstić information content (AvgIpc) is 3.02. The molecule has 1 aromatic carbocycles. The van der Waals surface area contributed by atoms with Gasteiger partial charge in [0.1, 0.15) is 0 Å². The molecule has 8 nitrogen and oxygen atoms in total. The van der Waals surface area contributed by atoms with Crippen LogP contribution in [-0.2, 0) is 11.3 Å². The van der Waals surface area contributed by atoms with Crippen LogP contribution in [0, 0.1) is 0 Å². The maximum Gasteiger partial charge on any atom is 0.407 e. The minimum Gasteiger partial charge on any atom is -0.450 e. The summed E-state index contributed by atoms with van der Waals surface area (Å²) < 4.78 is 6.10. The molecule has 0 saturated heterocycles. The van der Waals surface area contributed by atoms with Crippen molar-refractivity contribution in [1.82, 2.24) is 20.1 Å². The van der Waals surface area contributed by atoms with Gasteiger partial charge in [-0.25, -0.2) is 4.79 Å². The topological polar surface area (TPSA) is 112 Å². The van der Waals surface area contributed by atoms with E-state index in [1.807, 2.05) is 0 Å². The zero-order valence-corrected chi connectivity index (χ0v) is 13.6. The number of carbonyl (C=O) groups is 2. The van der Waals surface area contributed by atoms with E-state index in [9.17, 15) is 9.59 Å². The Hall–Kier alpha value is -3.42. The average molecular weight is 339 g/mol. The number of nitrogens with two attached hydrogens (primary N) is 1. The van der Waals surface area contributed by atoms with Crippen LogP contribution in [0.5, 0.6) is 0 Å². The summed E-state index contributed by atoms with van der Waals surface area (Å²) in [5, 5.41) is 7.49. The predicted octanol–water partition coefficient (Wildman–Crippen LogP) is 1.95. The molecule has 0 saturated carbocycles. The maximum absolute atomic E-state index is 12.7. The van der Waals surface area contributed by atoms with Crippen molar-refractivity contribution >= 4 is 28.6 Å². The van der Waals surface area contributed by atoms with E-state index in [1.54, 1.807) is 43.5 Å². The Morgan fingerprint density at radius 3 is 2.92 bits per heavy atom. The largest absolute Gasteiger partial charge is 0.450 e. The number of alkyl carbamates (subject to hydrolysis) is 1. The Bertz CT molecular complexity index is 935. The number of amides is 1. The van der Waals surface area contributed by atoms with Crippen molar-refractivity contribution < 1.29 is 14.3 Å². The normalized spacial score (nSPS) is 10.6. The molecule has 3 aromatic rings. The molecule has 8 heteroatoms. The number of hydrogen-bond acceptors (Lipinski definition) is 6. The van der Waals surface area contributed by atoms with Gasteiger partial charge in [-0.3, -0.25) is 9.78 Å². The SMILES string of the molecule is CCOC(=O)NCc1cc(C(=O)n2ncc3cc(N)ccc32)ccn1. The summed E-state index contributed by atoms with van der Waals surface area (Å²) in [4.78, 5) is 28.2. The number of aromatic nitrogens is 3. The fourth-order valence-electron chi connectivity index (χ4n) is 2.39. The van der Waals surface area contributed by atoms with Gasteiger partial charge in [0.05, 0.1) is 30.6 Å². The molecule has 0 bridgehead atoms.